The van der Waals surface area contributed by atoms with Crippen molar-refractivity contribution in [3.8, 4) is 28.7 Å². The number of hydrogen-bond acceptors (Lipinski definition) is 5. The third-order valence-electron chi connectivity index (χ3n) is 2.75. The summed E-state index contributed by atoms with van der Waals surface area (Å²) < 4.78 is 6.93. The van der Waals surface area contributed by atoms with Crippen LogP contribution < -0.4 is 0 Å². The molecule has 3 rings (SSSR count). The first kappa shape index (κ1) is 11.5. The van der Waals surface area contributed by atoms with Gasteiger partial charge in [-0.1, -0.05) is 17.3 Å². The van der Waals surface area contributed by atoms with Crippen LogP contribution in [0.5, 0.6) is 5.75 Å². The lowest BCUT2D eigenvalue weighted by atomic mass is 10.2. The van der Waals surface area contributed by atoms with Gasteiger partial charge in [0.05, 0.1) is 5.69 Å². The van der Waals surface area contributed by atoms with E-state index in [1.54, 1.807) is 22.9 Å². The molecule has 0 amide bonds. The highest BCUT2D eigenvalue weighted by atomic mass is 16.5. The van der Waals surface area contributed by atoms with Gasteiger partial charge in [0.1, 0.15) is 11.4 Å². The van der Waals surface area contributed by atoms with Crippen molar-refractivity contribution in [1.82, 2.24) is 19.9 Å². The second kappa shape index (κ2) is 4.24. The van der Waals surface area contributed by atoms with Gasteiger partial charge >= 0.3 is 0 Å². The Hall–Kier alpha value is -2.63. The van der Waals surface area contributed by atoms with Gasteiger partial charge in [0.2, 0.25) is 5.82 Å². The van der Waals surface area contributed by atoms with Crippen molar-refractivity contribution in [3.05, 3.63) is 36.0 Å². The van der Waals surface area contributed by atoms with E-state index >= 15 is 0 Å². The standard InChI is InChI=1S/C13H12N4O2/c1-8-6-11(17(2)15-8)13-14-12(16-19-13)9-4-3-5-10(18)7-9/h3-7,18H,1-2H3. The Morgan fingerprint density at radius 1 is 1.26 bits per heavy atom. The number of benzene rings is 1. The van der Waals surface area contributed by atoms with Crippen LogP contribution in [0.25, 0.3) is 23.0 Å². The quantitative estimate of drug-likeness (QED) is 0.760. The zero-order valence-corrected chi connectivity index (χ0v) is 10.5. The second-order valence-electron chi connectivity index (χ2n) is 4.27. The topological polar surface area (TPSA) is 77.0 Å². The maximum atomic E-state index is 9.45. The first-order valence-electron chi connectivity index (χ1n) is 5.77. The summed E-state index contributed by atoms with van der Waals surface area (Å²) in [6, 6.07) is 8.59. The Morgan fingerprint density at radius 3 is 2.79 bits per heavy atom. The molecule has 0 aliphatic heterocycles. The average Bonchev–Trinajstić information content (AvgIpc) is 2.96. The fraction of sp³-hybridized carbons (Fsp3) is 0.154. The van der Waals surface area contributed by atoms with Gasteiger partial charge in [-0.3, -0.25) is 4.68 Å². The van der Waals surface area contributed by atoms with Crippen LogP contribution in [0, 0.1) is 6.92 Å². The van der Waals surface area contributed by atoms with Crippen molar-refractivity contribution in [2.24, 2.45) is 7.05 Å². The highest BCUT2D eigenvalue weighted by Crippen LogP contribution is 2.24. The van der Waals surface area contributed by atoms with Gasteiger partial charge in [0.25, 0.3) is 5.89 Å². The normalized spacial score (nSPS) is 10.8. The van der Waals surface area contributed by atoms with E-state index in [-0.39, 0.29) is 5.75 Å². The fourth-order valence-corrected chi connectivity index (χ4v) is 1.90. The molecule has 0 bridgehead atoms. The lowest BCUT2D eigenvalue weighted by Crippen LogP contribution is -1.93. The van der Waals surface area contributed by atoms with Crippen LogP contribution in [0.3, 0.4) is 0 Å². The summed E-state index contributed by atoms with van der Waals surface area (Å²) in [4.78, 5) is 4.32. The number of hydrogen-bond donors (Lipinski definition) is 1. The summed E-state index contributed by atoms with van der Waals surface area (Å²) in [6.45, 7) is 1.90. The smallest absolute Gasteiger partial charge is 0.276 e. The van der Waals surface area contributed by atoms with Gasteiger partial charge in [-0.05, 0) is 25.1 Å². The first-order chi connectivity index (χ1) is 9.13. The van der Waals surface area contributed by atoms with Gasteiger partial charge < -0.3 is 9.63 Å². The Kier molecular flexibility index (Phi) is 2.56. The van der Waals surface area contributed by atoms with E-state index in [4.69, 9.17) is 4.52 Å². The van der Waals surface area contributed by atoms with E-state index in [1.165, 1.54) is 0 Å². The number of aromatic nitrogens is 4. The van der Waals surface area contributed by atoms with Crippen LogP contribution >= 0.6 is 0 Å². The van der Waals surface area contributed by atoms with E-state index in [0.29, 0.717) is 17.3 Å². The molecule has 96 valence electrons. The summed E-state index contributed by atoms with van der Waals surface area (Å²) in [7, 11) is 1.82. The Balaban J connectivity index is 2.02. The number of nitrogens with zero attached hydrogens (tertiary/aromatic N) is 4. The molecule has 6 nitrogen and oxygen atoms in total. The molecular formula is C13H12N4O2. The van der Waals surface area contributed by atoms with Crippen molar-refractivity contribution in [2.75, 3.05) is 0 Å². The van der Waals surface area contributed by atoms with Gasteiger partial charge in [0.15, 0.2) is 0 Å². The highest BCUT2D eigenvalue weighted by Gasteiger charge is 2.14. The molecule has 6 heteroatoms. The van der Waals surface area contributed by atoms with Crippen LogP contribution in [-0.2, 0) is 7.05 Å². The van der Waals surface area contributed by atoms with Crippen LogP contribution in [0.2, 0.25) is 0 Å². The molecular weight excluding hydrogens is 244 g/mol. The van der Waals surface area contributed by atoms with Crippen LogP contribution in [0.4, 0.5) is 0 Å². The van der Waals surface area contributed by atoms with E-state index in [1.807, 2.05) is 26.1 Å². The van der Waals surface area contributed by atoms with Gasteiger partial charge in [-0.2, -0.15) is 10.1 Å². The maximum Gasteiger partial charge on any atom is 0.276 e. The van der Waals surface area contributed by atoms with Crippen molar-refractivity contribution >= 4 is 0 Å². The molecule has 0 atom stereocenters. The minimum atomic E-state index is 0.167. The summed E-state index contributed by atoms with van der Waals surface area (Å²) in [5.41, 5.74) is 2.35. The van der Waals surface area contributed by atoms with Gasteiger partial charge in [-0.25, -0.2) is 0 Å². The molecule has 0 unspecified atom stereocenters. The lowest BCUT2D eigenvalue weighted by molar-refractivity contribution is 0.428. The molecule has 0 radical (unpaired) electrons. The number of rotatable bonds is 2. The number of phenols is 1. The molecule has 2 heterocycles. The van der Waals surface area contributed by atoms with E-state index in [2.05, 4.69) is 15.2 Å². The Bertz CT molecular complexity index is 730. The molecule has 0 saturated heterocycles. The second-order valence-corrected chi connectivity index (χ2v) is 4.27. The van der Waals surface area contributed by atoms with Gasteiger partial charge in [0, 0.05) is 12.6 Å². The van der Waals surface area contributed by atoms with Crippen LogP contribution in [-0.4, -0.2) is 25.0 Å². The number of phenolic OH excluding ortho intramolecular Hbond substituents is 1. The van der Waals surface area contributed by atoms with Crippen molar-refractivity contribution in [1.29, 1.82) is 0 Å². The predicted molar refractivity (Wildman–Crippen MR) is 68.3 cm³/mol. The zero-order valence-electron chi connectivity index (χ0n) is 10.5. The fourth-order valence-electron chi connectivity index (χ4n) is 1.90. The summed E-state index contributed by atoms with van der Waals surface area (Å²) in [6.07, 6.45) is 0. The SMILES string of the molecule is Cc1cc(-c2nc(-c3cccc(O)c3)no2)n(C)n1. The minimum absolute atomic E-state index is 0.167. The lowest BCUT2D eigenvalue weighted by Gasteiger charge is -1.95. The van der Waals surface area contributed by atoms with Crippen LogP contribution in [0.1, 0.15) is 5.69 Å². The molecule has 3 aromatic rings. The minimum Gasteiger partial charge on any atom is -0.508 e. The van der Waals surface area contributed by atoms with Crippen LogP contribution in [0.15, 0.2) is 34.9 Å². The van der Waals surface area contributed by atoms with E-state index in [9.17, 15) is 5.11 Å². The van der Waals surface area contributed by atoms with Crippen molar-refractivity contribution in [3.63, 3.8) is 0 Å². The average molecular weight is 256 g/mol. The number of aryl methyl sites for hydroxylation is 2. The predicted octanol–water partition coefficient (Wildman–Crippen LogP) is 2.15. The monoisotopic (exact) mass is 256 g/mol. The third-order valence-corrected chi connectivity index (χ3v) is 2.75. The molecule has 0 fully saturated rings. The van der Waals surface area contributed by atoms with E-state index in [0.717, 1.165) is 11.4 Å². The van der Waals surface area contributed by atoms with Gasteiger partial charge in [-0.15, -0.1) is 0 Å². The molecule has 2 aromatic heterocycles. The van der Waals surface area contributed by atoms with Crippen molar-refractivity contribution in [2.45, 2.75) is 6.92 Å². The maximum absolute atomic E-state index is 9.45. The third kappa shape index (κ3) is 2.08. The first-order valence-corrected chi connectivity index (χ1v) is 5.77. The summed E-state index contributed by atoms with van der Waals surface area (Å²) in [5.74, 6) is 1.01. The molecule has 0 spiro atoms. The highest BCUT2D eigenvalue weighted by molar-refractivity contribution is 5.59. The van der Waals surface area contributed by atoms with Crippen molar-refractivity contribution < 1.29 is 9.63 Å². The molecule has 0 aliphatic carbocycles. The number of aromatic hydroxyl groups is 1. The zero-order chi connectivity index (χ0) is 13.4. The largest absolute Gasteiger partial charge is 0.508 e. The molecule has 19 heavy (non-hydrogen) atoms. The molecule has 1 N–H and O–H groups in total. The molecule has 0 saturated carbocycles. The molecule has 0 aliphatic rings. The molecule has 1 aromatic carbocycles. The summed E-state index contributed by atoms with van der Waals surface area (Å²) in [5, 5.41) is 17.6. The Morgan fingerprint density at radius 2 is 2.11 bits per heavy atom. The van der Waals surface area contributed by atoms with E-state index < -0.39 is 0 Å². The summed E-state index contributed by atoms with van der Waals surface area (Å²) >= 11 is 0. The Labute approximate surface area is 109 Å².